The van der Waals surface area contributed by atoms with Crippen molar-refractivity contribution < 1.29 is 27.5 Å². The molecule has 8 heteroatoms. The fourth-order valence-corrected chi connectivity index (χ4v) is 1.69. The van der Waals surface area contributed by atoms with Crippen molar-refractivity contribution >= 4 is 33.5 Å². The summed E-state index contributed by atoms with van der Waals surface area (Å²) in [6.07, 6.45) is -3.64. The van der Waals surface area contributed by atoms with Gasteiger partial charge in [0.05, 0.1) is 5.56 Å². The van der Waals surface area contributed by atoms with Gasteiger partial charge in [0.1, 0.15) is 5.75 Å². The predicted molar refractivity (Wildman–Crippen MR) is 60.2 cm³/mol. The average Bonchev–Trinajstić information content (AvgIpc) is 2.68. The van der Waals surface area contributed by atoms with Crippen molar-refractivity contribution in [2.75, 3.05) is 0 Å². The first-order valence-corrected chi connectivity index (χ1v) is 5.27. The number of H-pyrrole nitrogens is 1. The van der Waals surface area contributed by atoms with Crippen molar-refractivity contribution in [1.82, 2.24) is 4.98 Å². The van der Waals surface area contributed by atoms with Crippen LogP contribution in [0.5, 0.6) is 5.75 Å². The van der Waals surface area contributed by atoms with Crippen LogP contribution >= 0.6 is 11.6 Å². The van der Waals surface area contributed by atoms with Crippen molar-refractivity contribution in [3.8, 4) is 5.75 Å². The summed E-state index contributed by atoms with van der Waals surface area (Å²) in [4.78, 5) is 24.9. The minimum atomic E-state index is -4.84. The molecule has 0 aliphatic heterocycles. The van der Waals surface area contributed by atoms with Crippen molar-refractivity contribution in [3.05, 3.63) is 30.0 Å². The molecule has 1 N–H and O–H groups in total. The Labute approximate surface area is 109 Å². The number of carbonyl (C=O) groups is 2. The zero-order valence-corrected chi connectivity index (χ0v) is 9.80. The van der Waals surface area contributed by atoms with Gasteiger partial charge in [0, 0.05) is 17.1 Å². The molecular formula is C11H5ClF3NO3. The number of ether oxygens (including phenoxy) is 1. The summed E-state index contributed by atoms with van der Waals surface area (Å²) in [5, 5.41) is -1.09. The molecule has 0 bridgehead atoms. The fraction of sp³-hybridized carbons (Fsp3) is 0.0909. The summed E-state index contributed by atoms with van der Waals surface area (Å²) in [7, 11) is 0. The van der Waals surface area contributed by atoms with E-state index in [4.69, 9.17) is 11.6 Å². The van der Waals surface area contributed by atoms with E-state index in [0.717, 1.165) is 12.1 Å². The van der Waals surface area contributed by atoms with Crippen molar-refractivity contribution in [2.45, 2.75) is 6.36 Å². The van der Waals surface area contributed by atoms with E-state index in [0.29, 0.717) is 5.52 Å². The highest BCUT2D eigenvalue weighted by atomic mass is 35.5. The molecule has 19 heavy (non-hydrogen) atoms. The number of hydrogen-bond acceptors (Lipinski definition) is 3. The molecule has 0 saturated carbocycles. The molecule has 0 fully saturated rings. The lowest BCUT2D eigenvalue weighted by molar-refractivity contribution is -0.274. The quantitative estimate of drug-likeness (QED) is 0.537. The number of aromatic nitrogens is 1. The van der Waals surface area contributed by atoms with E-state index >= 15 is 0 Å². The summed E-state index contributed by atoms with van der Waals surface area (Å²) >= 11 is 5.05. The summed E-state index contributed by atoms with van der Waals surface area (Å²) in [5.74, 6) is -1.49. The van der Waals surface area contributed by atoms with Gasteiger partial charge < -0.3 is 9.72 Å². The van der Waals surface area contributed by atoms with Crippen LogP contribution in [0.1, 0.15) is 10.4 Å². The lowest BCUT2D eigenvalue weighted by Gasteiger charge is -2.08. The van der Waals surface area contributed by atoms with Crippen LogP contribution in [0.3, 0.4) is 0 Å². The molecule has 0 radical (unpaired) electrons. The van der Waals surface area contributed by atoms with Crippen LogP contribution in [0.2, 0.25) is 0 Å². The number of aromatic amines is 1. The van der Waals surface area contributed by atoms with Crippen molar-refractivity contribution in [3.63, 3.8) is 0 Å². The number of benzene rings is 1. The van der Waals surface area contributed by atoms with E-state index in [9.17, 15) is 22.8 Å². The van der Waals surface area contributed by atoms with Gasteiger partial charge >= 0.3 is 6.36 Å². The number of fused-ring (bicyclic) bond motifs is 1. The van der Waals surface area contributed by atoms with Crippen LogP contribution < -0.4 is 4.74 Å². The molecule has 0 saturated heterocycles. The van der Waals surface area contributed by atoms with Gasteiger partial charge in [-0.25, -0.2) is 0 Å². The SMILES string of the molecule is O=C(Cl)C(=O)c1c[nH]c2ccc(OC(F)(F)F)cc12. The molecule has 0 spiro atoms. The maximum absolute atomic E-state index is 12.1. The van der Waals surface area contributed by atoms with Gasteiger partial charge in [-0.05, 0) is 29.8 Å². The Morgan fingerprint density at radius 2 is 1.95 bits per heavy atom. The van der Waals surface area contributed by atoms with Gasteiger partial charge in [-0.15, -0.1) is 13.2 Å². The number of nitrogens with one attached hydrogen (secondary N) is 1. The Morgan fingerprint density at radius 1 is 1.26 bits per heavy atom. The van der Waals surface area contributed by atoms with Gasteiger partial charge in [-0.1, -0.05) is 0 Å². The normalized spacial score (nSPS) is 11.6. The van der Waals surface area contributed by atoms with Gasteiger partial charge in [0.2, 0.25) is 5.78 Å². The molecule has 100 valence electrons. The van der Waals surface area contributed by atoms with Crippen molar-refractivity contribution in [1.29, 1.82) is 0 Å². The molecule has 0 atom stereocenters. The summed E-state index contributed by atoms with van der Waals surface area (Å²) in [6.45, 7) is 0. The molecule has 2 aromatic rings. The molecule has 1 heterocycles. The van der Waals surface area contributed by atoms with E-state index < -0.39 is 23.1 Å². The monoisotopic (exact) mass is 291 g/mol. The third-order valence-electron chi connectivity index (χ3n) is 2.31. The Bertz CT molecular complexity index is 663. The molecule has 2 rings (SSSR count). The Morgan fingerprint density at radius 3 is 2.53 bits per heavy atom. The standard InChI is InChI=1S/C11H5ClF3NO3/c12-10(18)9(17)7-4-16-8-2-1-5(3-6(7)8)19-11(13,14)15/h1-4,16H. The first kappa shape index (κ1) is 13.4. The van der Waals surface area contributed by atoms with Crippen LogP contribution in [0, 0.1) is 0 Å². The van der Waals surface area contributed by atoms with E-state index in [1.54, 1.807) is 0 Å². The third-order valence-corrected chi connectivity index (χ3v) is 2.48. The van der Waals surface area contributed by atoms with Gasteiger partial charge in [0.25, 0.3) is 5.24 Å². The van der Waals surface area contributed by atoms with E-state index in [2.05, 4.69) is 9.72 Å². The smallest absolute Gasteiger partial charge is 0.406 e. The van der Waals surface area contributed by atoms with E-state index in [1.165, 1.54) is 12.3 Å². The predicted octanol–water partition coefficient (Wildman–Crippen LogP) is 3.01. The minimum Gasteiger partial charge on any atom is -0.406 e. The number of carbonyl (C=O) groups excluding carboxylic acids is 2. The number of alkyl halides is 3. The second-order valence-corrected chi connectivity index (χ2v) is 3.90. The van der Waals surface area contributed by atoms with Gasteiger partial charge in [0.15, 0.2) is 0 Å². The molecule has 0 unspecified atom stereocenters. The summed E-state index contributed by atoms with van der Waals surface area (Å²) in [5.41, 5.74) is 0.276. The zero-order chi connectivity index (χ0) is 14.2. The number of ketones is 1. The Hall–Kier alpha value is -2.02. The third kappa shape index (κ3) is 2.87. The lowest BCUT2D eigenvalue weighted by Crippen LogP contribution is -2.17. The minimum absolute atomic E-state index is 0.109. The van der Waals surface area contributed by atoms with Gasteiger partial charge in [-0.3, -0.25) is 9.59 Å². The van der Waals surface area contributed by atoms with Crippen LogP contribution in [0.25, 0.3) is 10.9 Å². The molecule has 0 aliphatic carbocycles. The average molecular weight is 292 g/mol. The second kappa shape index (κ2) is 4.58. The lowest BCUT2D eigenvalue weighted by atomic mass is 10.1. The van der Waals surface area contributed by atoms with Crippen LogP contribution in [-0.4, -0.2) is 22.4 Å². The van der Waals surface area contributed by atoms with Crippen LogP contribution in [0.4, 0.5) is 13.2 Å². The molecular weight excluding hydrogens is 287 g/mol. The van der Waals surface area contributed by atoms with E-state index in [1.807, 2.05) is 0 Å². The Kier molecular flexibility index (Phi) is 3.23. The number of halogens is 4. The molecule has 0 aliphatic rings. The number of hydrogen-bond donors (Lipinski definition) is 1. The van der Waals surface area contributed by atoms with Crippen LogP contribution in [0.15, 0.2) is 24.4 Å². The molecule has 0 amide bonds. The highest BCUT2D eigenvalue weighted by Gasteiger charge is 2.31. The van der Waals surface area contributed by atoms with Crippen LogP contribution in [-0.2, 0) is 4.79 Å². The summed E-state index contributed by atoms with van der Waals surface area (Å²) in [6, 6.07) is 3.39. The molecule has 4 nitrogen and oxygen atoms in total. The highest BCUT2D eigenvalue weighted by molar-refractivity contribution is 6.83. The maximum Gasteiger partial charge on any atom is 0.573 e. The first-order chi connectivity index (χ1) is 8.78. The zero-order valence-electron chi connectivity index (χ0n) is 9.05. The summed E-state index contributed by atoms with van der Waals surface area (Å²) < 4.78 is 40.0. The number of Topliss-reactive ketones (excluding diaryl/α,β-unsaturated/α-hetero) is 1. The molecule has 1 aromatic carbocycles. The van der Waals surface area contributed by atoms with Gasteiger partial charge in [-0.2, -0.15) is 0 Å². The number of rotatable bonds is 3. The van der Waals surface area contributed by atoms with E-state index in [-0.39, 0.29) is 10.9 Å². The highest BCUT2D eigenvalue weighted by Crippen LogP contribution is 2.28. The first-order valence-electron chi connectivity index (χ1n) is 4.89. The Balaban J connectivity index is 2.49. The largest absolute Gasteiger partial charge is 0.573 e. The second-order valence-electron chi connectivity index (χ2n) is 3.56. The van der Waals surface area contributed by atoms with Crippen molar-refractivity contribution in [2.24, 2.45) is 0 Å². The fourth-order valence-electron chi connectivity index (χ4n) is 1.59. The topological polar surface area (TPSA) is 59.2 Å². The maximum atomic E-state index is 12.1. The molecule has 1 aromatic heterocycles.